The first-order valence-electron chi connectivity index (χ1n) is 6.57. The SMILES string of the molecule is COc1cc(Cl)c(C)cc1NC(=O)c1ccc2ocnc2c1. The molecular formula is C16H13ClN2O3. The third-order valence-electron chi connectivity index (χ3n) is 3.32. The predicted octanol–water partition coefficient (Wildman–Crippen LogP) is 4.05. The van der Waals surface area contributed by atoms with Crippen LogP contribution in [0.3, 0.4) is 0 Å². The van der Waals surface area contributed by atoms with Gasteiger partial charge in [-0.2, -0.15) is 0 Å². The number of anilines is 1. The van der Waals surface area contributed by atoms with E-state index < -0.39 is 0 Å². The predicted molar refractivity (Wildman–Crippen MR) is 84.7 cm³/mol. The minimum atomic E-state index is -0.259. The zero-order chi connectivity index (χ0) is 15.7. The van der Waals surface area contributed by atoms with E-state index >= 15 is 0 Å². The molecule has 0 aliphatic carbocycles. The number of rotatable bonds is 3. The van der Waals surface area contributed by atoms with Crippen molar-refractivity contribution in [2.75, 3.05) is 12.4 Å². The van der Waals surface area contributed by atoms with Crippen LogP contribution in [0.4, 0.5) is 5.69 Å². The van der Waals surface area contributed by atoms with Gasteiger partial charge < -0.3 is 14.5 Å². The first-order chi connectivity index (χ1) is 10.6. The van der Waals surface area contributed by atoms with Gasteiger partial charge >= 0.3 is 0 Å². The zero-order valence-corrected chi connectivity index (χ0v) is 12.8. The molecule has 0 saturated heterocycles. The summed E-state index contributed by atoms with van der Waals surface area (Å²) in [7, 11) is 1.53. The lowest BCUT2D eigenvalue weighted by Crippen LogP contribution is -2.12. The maximum absolute atomic E-state index is 12.4. The van der Waals surface area contributed by atoms with E-state index in [1.165, 1.54) is 13.5 Å². The second-order valence-electron chi connectivity index (χ2n) is 4.79. The highest BCUT2D eigenvalue weighted by Crippen LogP contribution is 2.31. The number of methoxy groups -OCH3 is 1. The highest BCUT2D eigenvalue weighted by Gasteiger charge is 2.13. The number of aromatic nitrogens is 1. The Morgan fingerprint density at radius 3 is 2.91 bits per heavy atom. The standard InChI is InChI=1S/C16H13ClN2O3/c1-9-5-13(15(21-2)7-11(9)17)19-16(20)10-3-4-14-12(6-10)18-8-22-14/h3-8H,1-2H3,(H,19,20). The number of aryl methyl sites for hydroxylation is 1. The van der Waals surface area contributed by atoms with Gasteiger partial charge in [-0.1, -0.05) is 11.6 Å². The van der Waals surface area contributed by atoms with Crippen LogP contribution in [0, 0.1) is 6.92 Å². The number of carbonyl (C=O) groups is 1. The number of nitrogens with one attached hydrogen (secondary N) is 1. The average Bonchev–Trinajstić information content (AvgIpc) is 2.98. The molecule has 0 aliphatic heterocycles. The molecule has 112 valence electrons. The van der Waals surface area contributed by atoms with Gasteiger partial charge in [0.15, 0.2) is 12.0 Å². The van der Waals surface area contributed by atoms with Crippen LogP contribution >= 0.6 is 11.6 Å². The Morgan fingerprint density at radius 1 is 1.32 bits per heavy atom. The molecule has 6 heteroatoms. The molecule has 0 radical (unpaired) electrons. The van der Waals surface area contributed by atoms with Crippen molar-refractivity contribution >= 4 is 34.3 Å². The van der Waals surface area contributed by atoms with Gasteiger partial charge in [-0.15, -0.1) is 0 Å². The summed E-state index contributed by atoms with van der Waals surface area (Å²) in [6.45, 7) is 1.86. The van der Waals surface area contributed by atoms with Gasteiger partial charge in [0.2, 0.25) is 0 Å². The van der Waals surface area contributed by atoms with Crippen LogP contribution < -0.4 is 10.1 Å². The Kier molecular flexibility index (Phi) is 3.73. The molecule has 1 aromatic heterocycles. The second kappa shape index (κ2) is 5.69. The number of amides is 1. The van der Waals surface area contributed by atoms with Crippen LogP contribution in [0.25, 0.3) is 11.1 Å². The molecule has 5 nitrogen and oxygen atoms in total. The fraction of sp³-hybridized carbons (Fsp3) is 0.125. The number of benzene rings is 2. The van der Waals surface area contributed by atoms with Crippen molar-refractivity contribution in [3.8, 4) is 5.75 Å². The van der Waals surface area contributed by atoms with Crippen molar-refractivity contribution in [2.45, 2.75) is 6.92 Å². The van der Waals surface area contributed by atoms with Gasteiger partial charge in [0.25, 0.3) is 5.91 Å². The molecule has 0 bridgehead atoms. The van der Waals surface area contributed by atoms with Gasteiger partial charge in [0.1, 0.15) is 11.3 Å². The summed E-state index contributed by atoms with van der Waals surface area (Å²) < 4.78 is 10.4. The van der Waals surface area contributed by atoms with Gasteiger partial charge in [-0.25, -0.2) is 4.98 Å². The average molecular weight is 317 g/mol. The summed E-state index contributed by atoms with van der Waals surface area (Å²) in [6, 6.07) is 8.50. The molecule has 0 aliphatic rings. The molecule has 1 heterocycles. The first-order valence-corrected chi connectivity index (χ1v) is 6.95. The van der Waals surface area contributed by atoms with Gasteiger partial charge in [-0.05, 0) is 36.8 Å². The van der Waals surface area contributed by atoms with Crippen LogP contribution in [0.5, 0.6) is 5.75 Å². The molecule has 3 aromatic rings. The smallest absolute Gasteiger partial charge is 0.255 e. The highest BCUT2D eigenvalue weighted by atomic mass is 35.5. The zero-order valence-electron chi connectivity index (χ0n) is 12.0. The summed E-state index contributed by atoms with van der Waals surface area (Å²) in [6.07, 6.45) is 1.35. The topological polar surface area (TPSA) is 64.4 Å². The maximum Gasteiger partial charge on any atom is 0.255 e. The molecular weight excluding hydrogens is 304 g/mol. The van der Waals surface area contributed by atoms with Crippen molar-refractivity contribution in [3.05, 3.63) is 52.9 Å². The molecule has 0 unspecified atom stereocenters. The van der Waals surface area contributed by atoms with E-state index in [2.05, 4.69) is 10.3 Å². The minimum Gasteiger partial charge on any atom is -0.495 e. The van der Waals surface area contributed by atoms with E-state index in [1.807, 2.05) is 6.92 Å². The third kappa shape index (κ3) is 2.63. The number of hydrogen-bond acceptors (Lipinski definition) is 4. The summed E-state index contributed by atoms with van der Waals surface area (Å²) >= 11 is 6.06. The third-order valence-corrected chi connectivity index (χ3v) is 3.73. The van der Waals surface area contributed by atoms with E-state index in [9.17, 15) is 4.79 Å². The van der Waals surface area contributed by atoms with E-state index in [0.29, 0.717) is 33.1 Å². The quantitative estimate of drug-likeness (QED) is 0.791. The van der Waals surface area contributed by atoms with Crippen LogP contribution in [-0.4, -0.2) is 18.0 Å². The molecule has 1 N–H and O–H groups in total. The van der Waals surface area contributed by atoms with Gasteiger partial charge in [0, 0.05) is 16.7 Å². The summed E-state index contributed by atoms with van der Waals surface area (Å²) in [5.41, 5.74) is 3.17. The number of hydrogen-bond donors (Lipinski definition) is 1. The monoisotopic (exact) mass is 316 g/mol. The second-order valence-corrected chi connectivity index (χ2v) is 5.20. The lowest BCUT2D eigenvalue weighted by Gasteiger charge is -2.12. The first kappa shape index (κ1) is 14.4. The number of carbonyl (C=O) groups excluding carboxylic acids is 1. The number of oxazole rings is 1. The Hall–Kier alpha value is -2.53. The van der Waals surface area contributed by atoms with E-state index in [1.54, 1.807) is 30.3 Å². The maximum atomic E-state index is 12.4. The summed E-state index contributed by atoms with van der Waals surface area (Å²) in [5, 5.41) is 3.40. The molecule has 0 spiro atoms. The van der Waals surface area contributed by atoms with Crippen molar-refractivity contribution in [3.63, 3.8) is 0 Å². The van der Waals surface area contributed by atoms with Crippen molar-refractivity contribution < 1.29 is 13.9 Å². The number of halogens is 1. The normalized spacial score (nSPS) is 10.7. The highest BCUT2D eigenvalue weighted by molar-refractivity contribution is 6.31. The summed E-state index contributed by atoms with van der Waals surface area (Å²) in [4.78, 5) is 16.4. The fourth-order valence-electron chi connectivity index (χ4n) is 2.12. The Balaban J connectivity index is 1.92. The van der Waals surface area contributed by atoms with Crippen LogP contribution in [0.1, 0.15) is 15.9 Å². The summed E-state index contributed by atoms with van der Waals surface area (Å²) in [5.74, 6) is 0.247. The van der Waals surface area contributed by atoms with E-state index in [0.717, 1.165) is 5.56 Å². The molecule has 0 saturated carbocycles. The van der Waals surface area contributed by atoms with Gasteiger partial charge in [-0.3, -0.25) is 4.79 Å². The van der Waals surface area contributed by atoms with Crippen LogP contribution in [0.15, 0.2) is 41.1 Å². The van der Waals surface area contributed by atoms with Gasteiger partial charge in [0.05, 0.1) is 12.8 Å². The molecule has 2 aromatic carbocycles. The van der Waals surface area contributed by atoms with E-state index in [-0.39, 0.29) is 5.91 Å². The molecule has 1 amide bonds. The number of ether oxygens (including phenoxy) is 1. The largest absolute Gasteiger partial charge is 0.495 e. The lowest BCUT2D eigenvalue weighted by atomic mass is 10.1. The minimum absolute atomic E-state index is 0.259. The van der Waals surface area contributed by atoms with Crippen LogP contribution in [-0.2, 0) is 0 Å². The van der Waals surface area contributed by atoms with Crippen molar-refractivity contribution in [1.29, 1.82) is 0 Å². The fourth-order valence-corrected chi connectivity index (χ4v) is 2.28. The Labute approximate surface area is 131 Å². The van der Waals surface area contributed by atoms with Crippen LogP contribution in [0.2, 0.25) is 5.02 Å². The molecule has 22 heavy (non-hydrogen) atoms. The molecule has 3 rings (SSSR count). The number of fused-ring (bicyclic) bond motifs is 1. The van der Waals surface area contributed by atoms with Crippen molar-refractivity contribution in [1.82, 2.24) is 4.98 Å². The molecule has 0 atom stereocenters. The lowest BCUT2D eigenvalue weighted by molar-refractivity contribution is 0.102. The number of nitrogens with zero attached hydrogens (tertiary/aromatic N) is 1. The molecule has 0 fully saturated rings. The Morgan fingerprint density at radius 2 is 2.14 bits per heavy atom. The Bertz CT molecular complexity index is 858. The van der Waals surface area contributed by atoms with Crippen molar-refractivity contribution in [2.24, 2.45) is 0 Å². The van der Waals surface area contributed by atoms with E-state index in [4.69, 9.17) is 20.8 Å².